The zero-order chi connectivity index (χ0) is 14.8. The third-order valence-corrected chi connectivity index (χ3v) is 2.52. The van der Waals surface area contributed by atoms with Gasteiger partial charge in [0.1, 0.15) is 5.82 Å². The Morgan fingerprint density at radius 3 is 2.16 bits per heavy atom. The van der Waals surface area contributed by atoms with Crippen molar-refractivity contribution in [3.05, 3.63) is 35.1 Å². The van der Waals surface area contributed by atoms with Gasteiger partial charge < -0.3 is 0 Å². The summed E-state index contributed by atoms with van der Waals surface area (Å²) in [5.41, 5.74) is 1.82. The Labute approximate surface area is 123 Å². The molecule has 1 aromatic carbocycles. The van der Waals surface area contributed by atoms with Gasteiger partial charge in [0.25, 0.3) is 0 Å². The second-order valence-electron chi connectivity index (χ2n) is 5.20. The minimum absolute atomic E-state index is 0.0661. The van der Waals surface area contributed by atoms with Crippen LogP contribution in [0.25, 0.3) is 0 Å². The lowest BCUT2D eigenvalue weighted by molar-refractivity contribution is 0.608. The molecular weight excluding hydrogens is 257 g/mol. The van der Waals surface area contributed by atoms with Crippen molar-refractivity contribution in [1.82, 2.24) is 4.72 Å². The summed E-state index contributed by atoms with van der Waals surface area (Å²) in [6.07, 6.45) is 2.28. The fraction of sp³-hybridized carbons (Fsp3) is 0.625. The number of thiol groups is 1. The van der Waals surface area contributed by atoms with E-state index in [0.717, 1.165) is 29.9 Å². The van der Waals surface area contributed by atoms with Gasteiger partial charge in [0.2, 0.25) is 0 Å². The maximum atomic E-state index is 13.4. The number of hydrogen-bond donors (Lipinski definition) is 2. The Bertz CT molecular complexity index is 346. The molecule has 0 bridgehead atoms. The smallest absolute Gasteiger partial charge is 0.127 e. The van der Waals surface area contributed by atoms with E-state index in [1.54, 1.807) is 6.07 Å². The normalized spacial score (nSPS) is 13.3. The predicted molar refractivity (Wildman–Crippen MR) is 86.1 cm³/mol. The molecule has 0 heterocycles. The van der Waals surface area contributed by atoms with Crippen molar-refractivity contribution in [3.8, 4) is 0 Å². The highest BCUT2D eigenvalue weighted by Gasteiger charge is 2.26. The number of halogens is 1. The second kappa shape index (κ2) is 10.3. The van der Waals surface area contributed by atoms with Gasteiger partial charge in [0, 0.05) is 6.54 Å². The average molecular weight is 285 g/mol. The fourth-order valence-electron chi connectivity index (χ4n) is 1.50. The lowest BCUT2D eigenvalue weighted by Crippen LogP contribution is -1.99. The number of rotatable bonds is 3. The van der Waals surface area contributed by atoms with E-state index in [2.05, 4.69) is 38.3 Å². The van der Waals surface area contributed by atoms with Crippen molar-refractivity contribution in [2.75, 3.05) is 0 Å². The lowest BCUT2D eigenvalue weighted by Gasteiger charge is -2.03. The Kier molecular flexibility index (Phi) is 9.98. The molecule has 19 heavy (non-hydrogen) atoms. The van der Waals surface area contributed by atoms with Crippen molar-refractivity contribution in [1.29, 1.82) is 0 Å². The predicted octanol–water partition coefficient (Wildman–Crippen LogP) is 5.33. The maximum Gasteiger partial charge on any atom is 0.127 e. The first kappa shape index (κ1) is 18.5. The maximum absolute atomic E-state index is 13.4. The van der Waals surface area contributed by atoms with E-state index in [0.29, 0.717) is 12.5 Å². The molecule has 3 heteroatoms. The average Bonchev–Trinajstić information content (AvgIpc) is 3.16. The number of hydrogen-bond acceptors (Lipinski definition) is 2. The molecule has 1 aromatic rings. The minimum Gasteiger partial charge on any atom is -0.262 e. The van der Waals surface area contributed by atoms with Gasteiger partial charge in [-0.3, -0.25) is 4.72 Å². The first-order valence-corrected chi connectivity index (χ1v) is 7.64. The zero-order valence-electron chi connectivity index (χ0n) is 12.8. The topological polar surface area (TPSA) is 12.0 Å². The molecular formula is C16H28FNS. The van der Waals surface area contributed by atoms with E-state index < -0.39 is 0 Å². The summed E-state index contributed by atoms with van der Waals surface area (Å²) >= 11 is 3.87. The molecule has 0 amide bonds. The van der Waals surface area contributed by atoms with E-state index in [1.165, 1.54) is 0 Å². The van der Waals surface area contributed by atoms with Gasteiger partial charge in [-0.15, -0.1) is 0 Å². The highest BCUT2D eigenvalue weighted by Crippen LogP contribution is 2.41. The Balaban J connectivity index is 0.000000467. The van der Waals surface area contributed by atoms with Gasteiger partial charge in [-0.25, -0.2) is 4.39 Å². The molecule has 0 radical (unpaired) electrons. The Morgan fingerprint density at radius 1 is 1.26 bits per heavy atom. The van der Waals surface area contributed by atoms with Crippen LogP contribution in [0.2, 0.25) is 0 Å². The van der Waals surface area contributed by atoms with Gasteiger partial charge >= 0.3 is 0 Å². The standard InChI is InChI=1S/C10H12FNS.C4H10.C2H6/c11-10-5-7(6-12-13)1-4-9(10)8-2-3-8;1-4(2)3;1-2/h1,4-5,8,12-13H,2-3,6H2;4H,1-3H3;1-2H3. The first-order chi connectivity index (χ1) is 9.04. The SMILES string of the molecule is CC.CC(C)C.Fc1cc(CNS)ccc1C1CC1. The molecule has 1 aliphatic carbocycles. The first-order valence-electron chi connectivity index (χ1n) is 7.19. The summed E-state index contributed by atoms with van der Waals surface area (Å²) < 4.78 is 16.1. The van der Waals surface area contributed by atoms with E-state index in [1.807, 2.05) is 26.0 Å². The Morgan fingerprint density at radius 2 is 1.79 bits per heavy atom. The third kappa shape index (κ3) is 8.27. The van der Waals surface area contributed by atoms with Crippen LogP contribution >= 0.6 is 12.8 Å². The van der Waals surface area contributed by atoms with Crippen molar-refractivity contribution < 1.29 is 4.39 Å². The van der Waals surface area contributed by atoms with Gasteiger partial charge in [-0.05, 0) is 41.9 Å². The van der Waals surface area contributed by atoms with Crippen LogP contribution in [0.4, 0.5) is 4.39 Å². The molecule has 0 spiro atoms. The number of nitrogens with one attached hydrogen (secondary N) is 1. The Hall–Kier alpha value is -0.540. The molecule has 1 fully saturated rings. The number of benzene rings is 1. The van der Waals surface area contributed by atoms with Gasteiger partial charge in [0.15, 0.2) is 0 Å². The van der Waals surface area contributed by atoms with Crippen molar-refractivity contribution in [3.63, 3.8) is 0 Å². The molecule has 0 unspecified atom stereocenters. The van der Waals surface area contributed by atoms with Crippen LogP contribution in [0.5, 0.6) is 0 Å². The molecule has 2 rings (SSSR count). The van der Waals surface area contributed by atoms with E-state index >= 15 is 0 Å². The van der Waals surface area contributed by atoms with Crippen LogP contribution in [-0.2, 0) is 6.54 Å². The van der Waals surface area contributed by atoms with Crippen molar-refractivity contribution in [2.45, 2.75) is 59.9 Å². The molecule has 0 atom stereocenters. The van der Waals surface area contributed by atoms with Gasteiger partial charge in [-0.2, -0.15) is 0 Å². The third-order valence-electron chi connectivity index (χ3n) is 2.37. The molecule has 1 nitrogen and oxygen atoms in total. The van der Waals surface area contributed by atoms with E-state index in [4.69, 9.17) is 0 Å². The van der Waals surface area contributed by atoms with Crippen molar-refractivity contribution in [2.24, 2.45) is 5.92 Å². The molecule has 1 saturated carbocycles. The summed E-state index contributed by atoms with van der Waals surface area (Å²) in [7, 11) is 0. The minimum atomic E-state index is -0.0661. The van der Waals surface area contributed by atoms with Crippen LogP contribution < -0.4 is 4.72 Å². The molecule has 1 aliphatic rings. The summed E-state index contributed by atoms with van der Waals surface area (Å²) in [6.45, 7) is 11.1. The lowest BCUT2D eigenvalue weighted by atomic mass is 10.1. The second-order valence-corrected chi connectivity index (χ2v) is 5.51. The summed E-state index contributed by atoms with van der Waals surface area (Å²) in [4.78, 5) is 0. The van der Waals surface area contributed by atoms with Crippen LogP contribution in [0.15, 0.2) is 18.2 Å². The van der Waals surface area contributed by atoms with Crippen LogP contribution in [0.3, 0.4) is 0 Å². The molecule has 0 aliphatic heterocycles. The van der Waals surface area contributed by atoms with E-state index in [-0.39, 0.29) is 5.82 Å². The van der Waals surface area contributed by atoms with Gasteiger partial charge in [0.05, 0.1) is 0 Å². The van der Waals surface area contributed by atoms with Crippen molar-refractivity contribution >= 4 is 12.8 Å². The zero-order valence-corrected chi connectivity index (χ0v) is 13.7. The summed E-state index contributed by atoms with van der Waals surface area (Å²) in [6, 6.07) is 5.45. The summed E-state index contributed by atoms with van der Waals surface area (Å²) in [5.74, 6) is 1.25. The molecule has 110 valence electrons. The highest BCUT2D eigenvalue weighted by atomic mass is 32.1. The molecule has 0 aromatic heterocycles. The fourth-order valence-corrected chi connectivity index (χ4v) is 1.68. The largest absolute Gasteiger partial charge is 0.262 e. The molecule has 1 N–H and O–H groups in total. The van der Waals surface area contributed by atoms with Crippen LogP contribution in [-0.4, -0.2) is 0 Å². The molecule has 0 saturated heterocycles. The van der Waals surface area contributed by atoms with E-state index in [9.17, 15) is 4.39 Å². The summed E-state index contributed by atoms with van der Waals surface area (Å²) in [5, 5.41) is 0. The van der Waals surface area contributed by atoms with Gasteiger partial charge in [-0.1, -0.05) is 59.6 Å². The quantitative estimate of drug-likeness (QED) is 0.716. The van der Waals surface area contributed by atoms with Crippen LogP contribution in [0, 0.1) is 11.7 Å². The highest BCUT2D eigenvalue weighted by molar-refractivity contribution is 7.78. The monoisotopic (exact) mass is 285 g/mol. The van der Waals surface area contributed by atoms with Crippen LogP contribution in [0.1, 0.15) is 64.5 Å².